The van der Waals surface area contributed by atoms with Crippen molar-refractivity contribution in [2.45, 2.75) is 6.29 Å². The van der Waals surface area contributed by atoms with E-state index < -0.39 is 36.0 Å². The Labute approximate surface area is 67.1 Å². The van der Waals surface area contributed by atoms with Gasteiger partial charge < -0.3 is 20.4 Å². The first-order valence-electron chi connectivity index (χ1n) is 3.28. The zero-order valence-corrected chi connectivity index (χ0v) is 5.91. The lowest BCUT2D eigenvalue weighted by atomic mass is 10.3. The predicted octanol–water partition coefficient (Wildman–Crippen LogP) is -1.67. The number of hydrogen-bond acceptors (Lipinski definition) is 4. The molecule has 0 saturated heterocycles. The van der Waals surface area contributed by atoms with Gasteiger partial charge in [0.15, 0.2) is 6.29 Å². The third-order valence-corrected chi connectivity index (χ3v) is 1.99. The van der Waals surface area contributed by atoms with Crippen molar-refractivity contribution in [3.05, 3.63) is 0 Å². The van der Waals surface area contributed by atoms with Crippen LogP contribution >= 0.6 is 0 Å². The minimum atomic E-state index is -1.87. The molecule has 0 aromatic heterocycles. The molecule has 0 aliphatic heterocycles. The van der Waals surface area contributed by atoms with Crippen molar-refractivity contribution in [1.29, 1.82) is 0 Å². The van der Waals surface area contributed by atoms with E-state index in [4.69, 9.17) is 20.4 Å². The zero-order chi connectivity index (χ0) is 9.46. The van der Waals surface area contributed by atoms with Crippen LogP contribution < -0.4 is 0 Å². The topological polar surface area (TPSA) is 115 Å². The summed E-state index contributed by atoms with van der Waals surface area (Å²) in [6, 6.07) is 0. The second kappa shape index (κ2) is 2.72. The monoisotopic (exact) mass is 176 g/mol. The van der Waals surface area contributed by atoms with E-state index in [1.54, 1.807) is 0 Å². The van der Waals surface area contributed by atoms with Crippen LogP contribution in [0, 0.1) is 17.8 Å². The van der Waals surface area contributed by atoms with Gasteiger partial charge in [-0.25, -0.2) is 0 Å². The van der Waals surface area contributed by atoms with Gasteiger partial charge in [-0.2, -0.15) is 0 Å². The van der Waals surface area contributed by atoms with Crippen LogP contribution in [0.1, 0.15) is 0 Å². The van der Waals surface area contributed by atoms with E-state index in [1.807, 2.05) is 0 Å². The average Bonchev–Trinajstić information content (AvgIpc) is 2.58. The molecule has 2 atom stereocenters. The fourth-order valence-corrected chi connectivity index (χ4v) is 1.34. The largest absolute Gasteiger partial charge is 0.481 e. The predicted molar refractivity (Wildman–Crippen MR) is 34.0 cm³/mol. The van der Waals surface area contributed by atoms with Gasteiger partial charge in [-0.1, -0.05) is 0 Å². The quantitative estimate of drug-likeness (QED) is 0.382. The first-order chi connectivity index (χ1) is 5.46. The lowest BCUT2D eigenvalue weighted by Crippen LogP contribution is -2.12. The first-order valence-corrected chi connectivity index (χ1v) is 3.28. The molecule has 4 N–H and O–H groups in total. The van der Waals surface area contributed by atoms with E-state index in [-0.39, 0.29) is 0 Å². The third kappa shape index (κ3) is 1.26. The van der Waals surface area contributed by atoms with Crippen LogP contribution in [0.25, 0.3) is 0 Å². The molecule has 0 heterocycles. The van der Waals surface area contributed by atoms with E-state index in [0.717, 1.165) is 0 Å². The van der Waals surface area contributed by atoms with E-state index in [2.05, 4.69) is 0 Å². The van der Waals surface area contributed by atoms with Crippen molar-refractivity contribution in [2.24, 2.45) is 17.8 Å². The Kier molecular flexibility index (Phi) is 2.03. The van der Waals surface area contributed by atoms with E-state index in [9.17, 15) is 9.59 Å². The highest BCUT2D eigenvalue weighted by atomic mass is 16.5. The smallest absolute Gasteiger partial charge is 0.307 e. The van der Waals surface area contributed by atoms with Crippen LogP contribution in [0.3, 0.4) is 0 Å². The number of carboxylic acid groups (broad SMARTS) is 2. The van der Waals surface area contributed by atoms with Gasteiger partial charge in [0.1, 0.15) is 0 Å². The highest BCUT2D eigenvalue weighted by molar-refractivity contribution is 5.86. The van der Waals surface area contributed by atoms with Crippen LogP contribution in [0.2, 0.25) is 0 Å². The number of aliphatic carboxylic acids is 2. The molecule has 6 nitrogen and oxygen atoms in total. The summed E-state index contributed by atoms with van der Waals surface area (Å²) in [7, 11) is 0. The molecule has 12 heavy (non-hydrogen) atoms. The number of carbonyl (C=O) groups is 2. The summed E-state index contributed by atoms with van der Waals surface area (Å²) in [5, 5.41) is 33.9. The molecule has 1 fully saturated rings. The lowest BCUT2D eigenvalue weighted by molar-refractivity contribution is -0.144. The van der Waals surface area contributed by atoms with Crippen molar-refractivity contribution >= 4 is 11.9 Å². The minimum absolute atomic E-state index is 1.07. The van der Waals surface area contributed by atoms with Gasteiger partial charge in [0.25, 0.3) is 0 Å². The van der Waals surface area contributed by atoms with Crippen molar-refractivity contribution in [2.75, 3.05) is 0 Å². The Morgan fingerprint density at radius 2 is 1.33 bits per heavy atom. The number of aliphatic hydroxyl groups excluding tert-OH is 1. The summed E-state index contributed by atoms with van der Waals surface area (Å²) >= 11 is 0. The summed E-state index contributed by atoms with van der Waals surface area (Å²) in [4.78, 5) is 20.6. The molecular formula is C6H8O6. The van der Waals surface area contributed by atoms with Gasteiger partial charge >= 0.3 is 11.9 Å². The molecule has 0 aromatic carbocycles. The summed E-state index contributed by atoms with van der Waals surface area (Å²) in [5.74, 6) is -6.01. The molecule has 0 amide bonds. The second-order valence-electron chi connectivity index (χ2n) is 2.72. The van der Waals surface area contributed by atoms with Crippen molar-refractivity contribution in [1.82, 2.24) is 0 Å². The highest BCUT2D eigenvalue weighted by Crippen LogP contribution is 2.48. The van der Waals surface area contributed by atoms with Gasteiger partial charge in [0.05, 0.1) is 11.8 Å². The van der Waals surface area contributed by atoms with Gasteiger partial charge in [-0.05, 0) is 0 Å². The average molecular weight is 176 g/mol. The SMILES string of the molecule is O=C(O)C1C(C(=O)O)C1C(O)O. The second-order valence-corrected chi connectivity index (χ2v) is 2.72. The molecular weight excluding hydrogens is 168 g/mol. The Bertz CT molecular complexity index is 202. The fraction of sp³-hybridized carbons (Fsp3) is 0.667. The minimum Gasteiger partial charge on any atom is -0.481 e. The van der Waals surface area contributed by atoms with Crippen LogP contribution in [-0.4, -0.2) is 38.7 Å². The number of aliphatic hydroxyl groups is 2. The third-order valence-electron chi connectivity index (χ3n) is 1.99. The molecule has 6 heteroatoms. The molecule has 1 rings (SSSR count). The maximum absolute atomic E-state index is 10.3. The first kappa shape index (κ1) is 8.95. The van der Waals surface area contributed by atoms with Crippen molar-refractivity contribution in [3.63, 3.8) is 0 Å². The van der Waals surface area contributed by atoms with Crippen LogP contribution in [0.15, 0.2) is 0 Å². The fourth-order valence-electron chi connectivity index (χ4n) is 1.34. The van der Waals surface area contributed by atoms with E-state index >= 15 is 0 Å². The normalized spacial score (nSPS) is 33.4. The standard InChI is InChI=1S/C6H8O6/c7-4(8)1-2(5(9)10)3(1)6(11)12/h1-4,7-8H,(H,9,10)(H,11,12). The highest BCUT2D eigenvalue weighted by Gasteiger charge is 2.62. The van der Waals surface area contributed by atoms with Crippen molar-refractivity contribution < 1.29 is 30.0 Å². The molecule has 0 radical (unpaired) electrons. The maximum Gasteiger partial charge on any atom is 0.307 e. The van der Waals surface area contributed by atoms with Crippen LogP contribution in [0.4, 0.5) is 0 Å². The Morgan fingerprint density at radius 1 is 1.00 bits per heavy atom. The van der Waals surface area contributed by atoms with Gasteiger partial charge in [-0.15, -0.1) is 0 Å². The van der Waals surface area contributed by atoms with Crippen molar-refractivity contribution in [3.8, 4) is 0 Å². The maximum atomic E-state index is 10.3. The Morgan fingerprint density at radius 3 is 1.42 bits per heavy atom. The molecule has 68 valence electrons. The number of hydrogen-bond donors (Lipinski definition) is 4. The van der Waals surface area contributed by atoms with Gasteiger partial charge in [-0.3, -0.25) is 9.59 Å². The summed E-state index contributed by atoms with van der Waals surface area (Å²) in [6.45, 7) is 0. The number of rotatable bonds is 3. The molecule has 1 aliphatic rings. The molecule has 0 aromatic rings. The molecule has 1 saturated carbocycles. The summed E-state index contributed by atoms with van der Waals surface area (Å²) < 4.78 is 0. The zero-order valence-electron chi connectivity index (χ0n) is 5.91. The molecule has 0 spiro atoms. The Hall–Kier alpha value is -1.14. The summed E-state index contributed by atoms with van der Waals surface area (Å²) in [5.41, 5.74) is 0. The molecule has 1 aliphatic carbocycles. The van der Waals surface area contributed by atoms with Crippen LogP contribution in [-0.2, 0) is 9.59 Å². The number of carboxylic acids is 2. The lowest BCUT2D eigenvalue weighted by Gasteiger charge is -1.97. The van der Waals surface area contributed by atoms with Gasteiger partial charge in [0, 0.05) is 5.92 Å². The molecule has 0 bridgehead atoms. The summed E-state index contributed by atoms with van der Waals surface area (Å²) in [6.07, 6.45) is -1.87. The van der Waals surface area contributed by atoms with E-state index in [1.165, 1.54) is 0 Å². The van der Waals surface area contributed by atoms with E-state index in [0.29, 0.717) is 0 Å². The van der Waals surface area contributed by atoms with Gasteiger partial charge in [0.2, 0.25) is 0 Å². The molecule has 2 unspecified atom stereocenters. The van der Waals surface area contributed by atoms with Crippen LogP contribution in [0.5, 0.6) is 0 Å². The Balaban J connectivity index is 2.67.